The molecule has 0 amide bonds. The Morgan fingerprint density at radius 3 is 2.77 bits per heavy atom. The smallest absolute Gasteiger partial charge is 0.191 e. The van der Waals surface area contributed by atoms with Gasteiger partial charge in [0, 0.05) is 50.1 Å². The van der Waals surface area contributed by atoms with Crippen LogP contribution in [0.25, 0.3) is 0 Å². The summed E-state index contributed by atoms with van der Waals surface area (Å²) in [4.78, 5) is 7.12. The molecule has 6 nitrogen and oxygen atoms in total. The van der Waals surface area contributed by atoms with Crippen LogP contribution in [0.15, 0.2) is 23.2 Å². The van der Waals surface area contributed by atoms with Crippen molar-refractivity contribution in [3.8, 4) is 5.75 Å². The Kier molecular flexibility index (Phi) is 8.02. The van der Waals surface area contributed by atoms with Gasteiger partial charge in [0.2, 0.25) is 0 Å². The number of ether oxygens (including phenoxy) is 2. The molecular weight excluding hydrogens is 408 g/mol. The topological polar surface area (TPSA) is 58.1 Å². The van der Waals surface area contributed by atoms with Gasteiger partial charge in [0.15, 0.2) is 5.96 Å². The average Bonchev–Trinajstić information content (AvgIpc) is 3.49. The number of thioether (sulfide) groups is 1. The molecule has 31 heavy (non-hydrogen) atoms. The number of nitrogens with zero attached hydrogens (tertiary/aromatic N) is 2. The zero-order valence-electron chi connectivity index (χ0n) is 19.1. The van der Waals surface area contributed by atoms with E-state index in [9.17, 15) is 0 Å². The van der Waals surface area contributed by atoms with Crippen LogP contribution in [-0.2, 0) is 11.3 Å². The van der Waals surface area contributed by atoms with Crippen molar-refractivity contribution in [2.75, 3.05) is 51.4 Å². The highest BCUT2D eigenvalue weighted by Crippen LogP contribution is 2.33. The number of benzene rings is 1. The first kappa shape index (κ1) is 22.7. The summed E-state index contributed by atoms with van der Waals surface area (Å²) >= 11 is 2.06. The number of aryl methyl sites for hydroxylation is 1. The molecule has 1 aromatic rings. The lowest BCUT2D eigenvalue weighted by molar-refractivity contribution is -0.0120. The number of guanidine groups is 1. The fourth-order valence-corrected chi connectivity index (χ4v) is 6.36. The molecule has 3 fully saturated rings. The van der Waals surface area contributed by atoms with Crippen LogP contribution in [0.5, 0.6) is 5.75 Å². The maximum absolute atomic E-state index is 6.37. The summed E-state index contributed by atoms with van der Waals surface area (Å²) in [5.41, 5.74) is 2.64. The summed E-state index contributed by atoms with van der Waals surface area (Å²) < 4.78 is 12.0. The van der Waals surface area contributed by atoms with Crippen LogP contribution in [-0.4, -0.2) is 73.9 Å². The first-order valence-electron chi connectivity index (χ1n) is 11.8. The summed E-state index contributed by atoms with van der Waals surface area (Å²) in [6, 6.07) is 6.52. The third kappa shape index (κ3) is 5.88. The maximum Gasteiger partial charge on any atom is 0.191 e. The van der Waals surface area contributed by atoms with Gasteiger partial charge in [0.1, 0.15) is 5.75 Å². The van der Waals surface area contributed by atoms with E-state index >= 15 is 0 Å². The van der Waals surface area contributed by atoms with E-state index in [2.05, 4.69) is 57.4 Å². The van der Waals surface area contributed by atoms with Crippen molar-refractivity contribution in [2.45, 2.75) is 57.2 Å². The lowest BCUT2D eigenvalue weighted by Crippen LogP contribution is -2.60. The van der Waals surface area contributed by atoms with Gasteiger partial charge in [0.25, 0.3) is 0 Å². The fraction of sp³-hybridized carbons (Fsp3) is 0.708. The molecular formula is C24H38N4O2S. The molecule has 3 aliphatic rings. The molecule has 2 heterocycles. The van der Waals surface area contributed by atoms with Gasteiger partial charge in [-0.15, -0.1) is 0 Å². The molecule has 1 aliphatic carbocycles. The Labute approximate surface area is 191 Å². The summed E-state index contributed by atoms with van der Waals surface area (Å²) in [6.45, 7) is 7.50. The van der Waals surface area contributed by atoms with E-state index in [0.29, 0.717) is 12.6 Å². The van der Waals surface area contributed by atoms with E-state index < -0.39 is 0 Å². The lowest BCUT2D eigenvalue weighted by atomic mass is 9.95. The van der Waals surface area contributed by atoms with E-state index in [1.165, 1.54) is 54.7 Å². The Balaban J connectivity index is 1.35. The van der Waals surface area contributed by atoms with Crippen LogP contribution in [0, 0.1) is 6.92 Å². The number of morpholine rings is 1. The highest BCUT2D eigenvalue weighted by molar-refractivity contribution is 7.99. The van der Waals surface area contributed by atoms with Crippen LogP contribution < -0.4 is 15.4 Å². The van der Waals surface area contributed by atoms with Crippen molar-refractivity contribution in [3.05, 3.63) is 29.3 Å². The lowest BCUT2D eigenvalue weighted by Gasteiger charge is -2.43. The van der Waals surface area contributed by atoms with Crippen molar-refractivity contribution in [3.63, 3.8) is 0 Å². The second kappa shape index (κ2) is 10.9. The van der Waals surface area contributed by atoms with Crippen LogP contribution in [0.4, 0.5) is 0 Å². The van der Waals surface area contributed by atoms with E-state index in [4.69, 9.17) is 9.47 Å². The van der Waals surface area contributed by atoms with Crippen LogP contribution in [0.1, 0.15) is 43.2 Å². The third-order valence-electron chi connectivity index (χ3n) is 6.84. The quantitative estimate of drug-likeness (QED) is 0.496. The monoisotopic (exact) mass is 446 g/mol. The van der Waals surface area contributed by atoms with Crippen molar-refractivity contribution in [1.29, 1.82) is 0 Å². The molecule has 0 spiro atoms. The van der Waals surface area contributed by atoms with Gasteiger partial charge in [-0.25, -0.2) is 0 Å². The van der Waals surface area contributed by atoms with Crippen molar-refractivity contribution < 1.29 is 9.47 Å². The highest BCUT2D eigenvalue weighted by Gasteiger charge is 2.40. The van der Waals surface area contributed by atoms with Crippen LogP contribution in [0.3, 0.4) is 0 Å². The standard InChI is InChI=1S/C24H38N4O2S/c1-19-7-8-20(22(15-19)30-21-5-3-4-6-21)16-26-23(25-2)27-17-24(9-14-31-18-24)28-10-12-29-13-11-28/h7-8,15,21H,3-6,9-14,16-18H2,1-2H3,(H2,25,26,27). The number of rotatable bonds is 7. The normalized spacial score (nSPS) is 25.7. The molecule has 2 saturated heterocycles. The Morgan fingerprint density at radius 2 is 2.06 bits per heavy atom. The second-order valence-electron chi connectivity index (χ2n) is 9.04. The number of hydrogen-bond acceptors (Lipinski definition) is 5. The van der Waals surface area contributed by atoms with Crippen molar-refractivity contribution >= 4 is 17.7 Å². The van der Waals surface area contributed by atoms with Crippen molar-refractivity contribution in [1.82, 2.24) is 15.5 Å². The van der Waals surface area contributed by atoms with Gasteiger partial charge in [-0.05, 0) is 56.4 Å². The SMILES string of the molecule is CN=C(NCc1ccc(C)cc1OC1CCCC1)NCC1(N2CCOCC2)CCSC1. The number of nitrogens with one attached hydrogen (secondary N) is 2. The maximum atomic E-state index is 6.37. The molecule has 0 aromatic heterocycles. The summed E-state index contributed by atoms with van der Waals surface area (Å²) in [5.74, 6) is 4.29. The van der Waals surface area contributed by atoms with E-state index in [-0.39, 0.29) is 5.54 Å². The van der Waals surface area contributed by atoms with Crippen molar-refractivity contribution in [2.24, 2.45) is 4.99 Å². The molecule has 0 radical (unpaired) electrons. The first-order valence-corrected chi connectivity index (χ1v) is 13.0. The predicted octanol–water partition coefficient (Wildman–Crippen LogP) is 3.19. The minimum absolute atomic E-state index is 0.201. The van der Waals surface area contributed by atoms with Crippen LogP contribution in [0.2, 0.25) is 0 Å². The summed E-state index contributed by atoms with van der Waals surface area (Å²) in [6.07, 6.45) is 6.50. The fourth-order valence-electron chi connectivity index (χ4n) is 4.89. The Bertz CT molecular complexity index is 739. The van der Waals surface area contributed by atoms with Gasteiger partial charge in [-0.2, -0.15) is 11.8 Å². The van der Waals surface area contributed by atoms with Gasteiger partial charge >= 0.3 is 0 Å². The Hall–Kier alpha value is -1.44. The minimum Gasteiger partial charge on any atom is -0.490 e. The van der Waals surface area contributed by atoms with Crippen LogP contribution >= 0.6 is 11.8 Å². The molecule has 1 saturated carbocycles. The summed E-state index contributed by atoms with van der Waals surface area (Å²) in [7, 11) is 1.85. The molecule has 1 unspecified atom stereocenters. The molecule has 4 rings (SSSR count). The predicted molar refractivity (Wildman–Crippen MR) is 129 cm³/mol. The molecule has 172 valence electrons. The third-order valence-corrected chi connectivity index (χ3v) is 8.07. The van der Waals surface area contributed by atoms with Gasteiger partial charge in [-0.3, -0.25) is 9.89 Å². The van der Waals surface area contributed by atoms with E-state index in [1.54, 1.807) is 0 Å². The number of hydrogen-bond donors (Lipinski definition) is 2. The second-order valence-corrected chi connectivity index (χ2v) is 10.1. The van der Waals surface area contributed by atoms with E-state index in [0.717, 1.165) is 44.6 Å². The van der Waals surface area contributed by atoms with Gasteiger partial charge in [0.05, 0.1) is 19.3 Å². The molecule has 1 aromatic carbocycles. The molecule has 7 heteroatoms. The highest BCUT2D eigenvalue weighted by atomic mass is 32.2. The molecule has 2 N–H and O–H groups in total. The largest absolute Gasteiger partial charge is 0.490 e. The van der Waals surface area contributed by atoms with E-state index in [1.807, 2.05) is 7.05 Å². The Morgan fingerprint density at radius 1 is 1.26 bits per heavy atom. The average molecular weight is 447 g/mol. The summed E-state index contributed by atoms with van der Waals surface area (Å²) in [5, 5.41) is 7.15. The number of aliphatic imine (C=N–C) groups is 1. The van der Waals surface area contributed by atoms with Gasteiger partial charge in [-0.1, -0.05) is 12.1 Å². The molecule has 2 aliphatic heterocycles. The first-order chi connectivity index (χ1) is 15.2. The molecule has 0 bridgehead atoms. The zero-order chi connectivity index (χ0) is 21.5. The molecule has 1 atom stereocenters. The van der Waals surface area contributed by atoms with Gasteiger partial charge < -0.3 is 20.1 Å². The minimum atomic E-state index is 0.201. The zero-order valence-corrected chi connectivity index (χ0v) is 19.9.